The number of halogens is 1. The minimum Gasteiger partial charge on any atom is -0.388 e. The van der Waals surface area contributed by atoms with Crippen LogP contribution in [-0.2, 0) is 6.42 Å². The van der Waals surface area contributed by atoms with Crippen molar-refractivity contribution >= 4 is 22.5 Å². The van der Waals surface area contributed by atoms with Crippen molar-refractivity contribution in [2.24, 2.45) is 5.41 Å². The second-order valence-electron chi connectivity index (χ2n) is 7.11. The fraction of sp³-hybridized carbons (Fsp3) is 0.350. The molecule has 1 saturated carbocycles. The molecule has 24 heavy (non-hydrogen) atoms. The molecule has 0 radical (unpaired) electrons. The lowest BCUT2D eigenvalue weighted by Crippen LogP contribution is -2.38. The highest BCUT2D eigenvalue weighted by atomic mass is 35.5. The number of aromatic amines is 1. The maximum atomic E-state index is 11.3. The number of H-pyrrole nitrogens is 1. The molecule has 1 aromatic heterocycles. The van der Waals surface area contributed by atoms with Crippen LogP contribution in [0.4, 0.5) is 0 Å². The first-order valence-corrected chi connectivity index (χ1v) is 8.81. The standard InChI is InChI=1S/C20H21ClN2O/c1-13-4-2-5-14(8-13)11-20(6-3-7-20)19(24)17-10-16(21)9-15-12-22-23-18(15)17/h2,4-5,8-10,12,19,24H,3,6-7,11H2,1H3,(H,22,23). The lowest BCUT2D eigenvalue weighted by Gasteiger charge is -2.46. The molecule has 1 heterocycles. The number of benzene rings is 2. The number of aliphatic hydroxyl groups excluding tert-OH is 1. The Hall–Kier alpha value is -1.84. The highest BCUT2D eigenvalue weighted by Crippen LogP contribution is 2.53. The van der Waals surface area contributed by atoms with Gasteiger partial charge >= 0.3 is 0 Å². The van der Waals surface area contributed by atoms with Gasteiger partial charge in [0.1, 0.15) is 0 Å². The fourth-order valence-electron chi connectivity index (χ4n) is 4.00. The number of nitrogens with one attached hydrogen (secondary N) is 1. The molecule has 0 spiro atoms. The largest absolute Gasteiger partial charge is 0.388 e. The summed E-state index contributed by atoms with van der Waals surface area (Å²) in [6, 6.07) is 12.3. The molecular weight excluding hydrogens is 320 g/mol. The molecule has 0 aliphatic heterocycles. The lowest BCUT2D eigenvalue weighted by molar-refractivity contribution is -0.0361. The van der Waals surface area contributed by atoms with Crippen molar-refractivity contribution in [2.45, 2.75) is 38.7 Å². The van der Waals surface area contributed by atoms with Crippen LogP contribution < -0.4 is 0 Å². The zero-order chi connectivity index (χ0) is 16.7. The molecule has 4 heteroatoms. The van der Waals surface area contributed by atoms with Gasteiger partial charge in [-0.3, -0.25) is 5.10 Å². The Morgan fingerprint density at radius 1 is 1.29 bits per heavy atom. The lowest BCUT2D eigenvalue weighted by atomic mass is 9.60. The third-order valence-corrected chi connectivity index (χ3v) is 5.62. The molecule has 1 aliphatic carbocycles. The summed E-state index contributed by atoms with van der Waals surface area (Å²) in [5.74, 6) is 0. The minimum absolute atomic E-state index is 0.115. The van der Waals surface area contributed by atoms with E-state index in [1.165, 1.54) is 11.1 Å². The van der Waals surface area contributed by atoms with E-state index in [1.54, 1.807) is 6.20 Å². The Labute approximate surface area is 146 Å². The first-order chi connectivity index (χ1) is 11.6. The zero-order valence-corrected chi connectivity index (χ0v) is 14.5. The Morgan fingerprint density at radius 3 is 2.83 bits per heavy atom. The van der Waals surface area contributed by atoms with Gasteiger partial charge in [0.2, 0.25) is 0 Å². The Morgan fingerprint density at radius 2 is 2.12 bits per heavy atom. The van der Waals surface area contributed by atoms with Gasteiger partial charge in [-0.2, -0.15) is 5.10 Å². The average molecular weight is 341 g/mol. The summed E-state index contributed by atoms with van der Waals surface area (Å²) in [5.41, 5.74) is 4.19. The van der Waals surface area contributed by atoms with Crippen molar-refractivity contribution in [2.75, 3.05) is 0 Å². The third kappa shape index (κ3) is 2.62. The predicted molar refractivity (Wildman–Crippen MR) is 97.2 cm³/mol. The van der Waals surface area contributed by atoms with Crippen molar-refractivity contribution in [3.8, 4) is 0 Å². The van der Waals surface area contributed by atoms with Crippen LogP contribution >= 0.6 is 11.6 Å². The second kappa shape index (κ2) is 5.91. The Kier molecular flexibility index (Phi) is 3.86. The summed E-state index contributed by atoms with van der Waals surface area (Å²) in [7, 11) is 0. The predicted octanol–water partition coefficient (Wildman–Crippen LogP) is 4.97. The van der Waals surface area contributed by atoms with Gasteiger partial charge in [-0.05, 0) is 43.9 Å². The number of aromatic nitrogens is 2. The number of hydrogen-bond donors (Lipinski definition) is 2. The molecule has 3 aromatic rings. The maximum Gasteiger partial charge on any atom is 0.0870 e. The summed E-state index contributed by atoms with van der Waals surface area (Å²) in [6.45, 7) is 2.11. The van der Waals surface area contributed by atoms with E-state index in [4.69, 9.17) is 11.6 Å². The first-order valence-electron chi connectivity index (χ1n) is 8.44. The van der Waals surface area contributed by atoms with E-state index in [1.807, 2.05) is 12.1 Å². The van der Waals surface area contributed by atoms with E-state index < -0.39 is 6.10 Å². The van der Waals surface area contributed by atoms with Gasteiger partial charge in [0, 0.05) is 21.4 Å². The van der Waals surface area contributed by atoms with Gasteiger partial charge in [0.05, 0.1) is 17.8 Å². The van der Waals surface area contributed by atoms with Crippen LogP contribution in [0.25, 0.3) is 10.9 Å². The number of fused-ring (bicyclic) bond motifs is 1. The van der Waals surface area contributed by atoms with Crippen molar-refractivity contribution in [1.29, 1.82) is 0 Å². The van der Waals surface area contributed by atoms with E-state index >= 15 is 0 Å². The second-order valence-corrected chi connectivity index (χ2v) is 7.55. The molecule has 0 saturated heterocycles. The third-order valence-electron chi connectivity index (χ3n) is 5.41. The van der Waals surface area contributed by atoms with Gasteiger partial charge in [-0.1, -0.05) is 47.9 Å². The fourth-order valence-corrected chi connectivity index (χ4v) is 4.23. The minimum atomic E-state index is -0.548. The SMILES string of the molecule is Cc1cccc(CC2(C(O)c3cc(Cl)cc4cn[nH]c34)CCC2)c1. The van der Waals surface area contributed by atoms with Crippen LogP contribution in [0, 0.1) is 12.3 Å². The number of aliphatic hydroxyl groups is 1. The van der Waals surface area contributed by atoms with Crippen LogP contribution in [0.15, 0.2) is 42.6 Å². The van der Waals surface area contributed by atoms with E-state index in [9.17, 15) is 5.11 Å². The van der Waals surface area contributed by atoms with Crippen molar-refractivity contribution in [3.05, 3.63) is 64.3 Å². The van der Waals surface area contributed by atoms with Crippen LogP contribution in [0.5, 0.6) is 0 Å². The average Bonchev–Trinajstić information content (AvgIpc) is 2.97. The summed E-state index contributed by atoms with van der Waals surface area (Å²) in [5, 5.41) is 20.0. The van der Waals surface area contributed by atoms with Gasteiger partial charge in [0.25, 0.3) is 0 Å². The van der Waals surface area contributed by atoms with E-state index in [0.717, 1.165) is 42.1 Å². The molecule has 1 unspecified atom stereocenters. The van der Waals surface area contributed by atoms with E-state index in [-0.39, 0.29) is 5.41 Å². The molecule has 2 N–H and O–H groups in total. The summed E-state index contributed by atoms with van der Waals surface area (Å²) >= 11 is 6.26. The first kappa shape index (κ1) is 15.7. The van der Waals surface area contributed by atoms with Crippen LogP contribution in [0.3, 0.4) is 0 Å². The van der Waals surface area contributed by atoms with Gasteiger partial charge in [-0.25, -0.2) is 0 Å². The molecule has 2 aromatic carbocycles. The molecular formula is C20H21ClN2O. The molecule has 0 amide bonds. The topological polar surface area (TPSA) is 48.9 Å². The monoisotopic (exact) mass is 340 g/mol. The van der Waals surface area contributed by atoms with Crippen LogP contribution in [0.1, 0.15) is 42.1 Å². The number of rotatable bonds is 4. The molecule has 4 rings (SSSR count). The maximum absolute atomic E-state index is 11.3. The highest BCUT2D eigenvalue weighted by molar-refractivity contribution is 6.31. The summed E-state index contributed by atoms with van der Waals surface area (Å²) in [4.78, 5) is 0. The summed E-state index contributed by atoms with van der Waals surface area (Å²) in [6.07, 6.45) is 5.32. The van der Waals surface area contributed by atoms with E-state index in [2.05, 4.69) is 41.4 Å². The van der Waals surface area contributed by atoms with Gasteiger partial charge < -0.3 is 5.11 Å². The Balaban J connectivity index is 1.72. The smallest absolute Gasteiger partial charge is 0.0870 e. The van der Waals surface area contributed by atoms with Crippen LogP contribution in [0.2, 0.25) is 5.02 Å². The normalized spacial score (nSPS) is 17.6. The molecule has 1 fully saturated rings. The summed E-state index contributed by atoms with van der Waals surface area (Å²) < 4.78 is 0. The number of aryl methyl sites for hydroxylation is 1. The van der Waals surface area contributed by atoms with Crippen molar-refractivity contribution < 1.29 is 5.11 Å². The van der Waals surface area contributed by atoms with Crippen molar-refractivity contribution in [3.63, 3.8) is 0 Å². The van der Waals surface area contributed by atoms with Crippen molar-refractivity contribution in [1.82, 2.24) is 10.2 Å². The molecule has 3 nitrogen and oxygen atoms in total. The number of hydrogen-bond acceptors (Lipinski definition) is 2. The quantitative estimate of drug-likeness (QED) is 0.704. The molecule has 1 atom stereocenters. The van der Waals surface area contributed by atoms with E-state index in [0.29, 0.717) is 5.02 Å². The van der Waals surface area contributed by atoms with Gasteiger partial charge in [0.15, 0.2) is 0 Å². The van der Waals surface area contributed by atoms with Gasteiger partial charge in [-0.15, -0.1) is 0 Å². The zero-order valence-electron chi connectivity index (χ0n) is 13.7. The Bertz CT molecular complexity index is 882. The molecule has 0 bridgehead atoms. The van der Waals surface area contributed by atoms with Crippen LogP contribution in [-0.4, -0.2) is 15.3 Å². The number of nitrogens with zero attached hydrogens (tertiary/aromatic N) is 1. The molecule has 124 valence electrons. The highest BCUT2D eigenvalue weighted by Gasteiger charge is 2.44. The molecule has 1 aliphatic rings.